The molecule has 5 heteroatoms. The summed E-state index contributed by atoms with van der Waals surface area (Å²) >= 11 is 0. The third-order valence-electron chi connectivity index (χ3n) is 2.06. The molecule has 0 aromatic heterocycles. The summed E-state index contributed by atoms with van der Waals surface area (Å²) in [5.74, 6) is -0.0178. The van der Waals surface area contributed by atoms with Crippen LogP contribution in [0.1, 0.15) is 40.5 Å². The van der Waals surface area contributed by atoms with Crippen LogP contribution in [0.15, 0.2) is 0 Å². The maximum atomic E-state index is 11.3. The molecule has 1 N–H and O–H groups in total. The van der Waals surface area contributed by atoms with Crippen LogP contribution in [0.5, 0.6) is 0 Å². The molecule has 0 aliphatic heterocycles. The Balaban J connectivity index is 3.73. The molecule has 0 aromatic rings. The number of methoxy groups -OCH3 is 1. The highest BCUT2D eigenvalue weighted by Gasteiger charge is 2.16. The van der Waals surface area contributed by atoms with Crippen LogP contribution in [0, 0.1) is 5.92 Å². The summed E-state index contributed by atoms with van der Waals surface area (Å²) in [6, 6.07) is 0. The number of hydrogen-bond donors (Lipinski definition) is 1. The Labute approximate surface area is 103 Å². The van der Waals surface area contributed by atoms with Crippen molar-refractivity contribution >= 4 is 12.1 Å². The minimum atomic E-state index is -0.487. The van der Waals surface area contributed by atoms with E-state index in [1.165, 1.54) is 7.11 Å². The van der Waals surface area contributed by atoms with Gasteiger partial charge in [-0.25, -0.2) is 4.79 Å². The van der Waals surface area contributed by atoms with Crippen molar-refractivity contribution in [2.24, 2.45) is 5.92 Å². The smallest absolute Gasteiger partial charge is 0.407 e. The van der Waals surface area contributed by atoms with Crippen LogP contribution in [0.2, 0.25) is 0 Å². The molecule has 0 saturated carbocycles. The van der Waals surface area contributed by atoms with Gasteiger partial charge in [0.2, 0.25) is 0 Å². The maximum Gasteiger partial charge on any atom is 0.407 e. The van der Waals surface area contributed by atoms with Crippen LogP contribution in [0.4, 0.5) is 4.79 Å². The summed E-state index contributed by atoms with van der Waals surface area (Å²) in [5, 5.41) is 2.67. The number of nitrogens with one attached hydrogen (secondary N) is 1. The van der Waals surface area contributed by atoms with E-state index in [0.29, 0.717) is 19.4 Å². The fraction of sp³-hybridized carbons (Fsp3) is 0.833. The van der Waals surface area contributed by atoms with Crippen LogP contribution in [0.25, 0.3) is 0 Å². The molecule has 0 aliphatic rings. The van der Waals surface area contributed by atoms with E-state index in [2.05, 4.69) is 10.1 Å². The van der Waals surface area contributed by atoms with Gasteiger partial charge >= 0.3 is 12.1 Å². The van der Waals surface area contributed by atoms with Gasteiger partial charge in [0, 0.05) is 13.0 Å². The molecule has 100 valence electrons. The summed E-state index contributed by atoms with van der Waals surface area (Å²) in [6.45, 7) is 7.89. The number of alkyl carbamates (subject to hydrolysis) is 1. The number of amides is 1. The van der Waals surface area contributed by atoms with Crippen molar-refractivity contribution in [1.82, 2.24) is 5.32 Å². The Morgan fingerprint density at radius 3 is 2.35 bits per heavy atom. The van der Waals surface area contributed by atoms with Gasteiger partial charge in [-0.3, -0.25) is 4.79 Å². The van der Waals surface area contributed by atoms with Gasteiger partial charge in [0.1, 0.15) is 5.60 Å². The lowest BCUT2D eigenvalue weighted by molar-refractivity contribution is -0.140. The standard InChI is InChI=1S/C12H23NO4/c1-9(6-7-10(14)16-5)8-13-11(15)17-12(2,3)4/h9H,6-8H2,1-5H3,(H,13,15). The Hall–Kier alpha value is -1.26. The second-order valence-electron chi connectivity index (χ2n) is 5.10. The molecule has 0 radical (unpaired) electrons. The van der Waals surface area contributed by atoms with Gasteiger partial charge < -0.3 is 14.8 Å². The lowest BCUT2D eigenvalue weighted by Gasteiger charge is -2.20. The first kappa shape index (κ1) is 15.7. The molecule has 0 heterocycles. The van der Waals surface area contributed by atoms with Gasteiger partial charge in [-0.15, -0.1) is 0 Å². The topological polar surface area (TPSA) is 64.6 Å². The predicted molar refractivity (Wildman–Crippen MR) is 64.7 cm³/mol. The molecule has 1 unspecified atom stereocenters. The number of hydrogen-bond acceptors (Lipinski definition) is 4. The van der Waals surface area contributed by atoms with E-state index in [1.807, 2.05) is 27.7 Å². The summed E-state index contributed by atoms with van der Waals surface area (Å²) in [7, 11) is 1.37. The van der Waals surface area contributed by atoms with Crippen molar-refractivity contribution in [2.45, 2.75) is 46.1 Å². The lowest BCUT2D eigenvalue weighted by Crippen LogP contribution is -2.34. The summed E-state index contributed by atoms with van der Waals surface area (Å²) in [6.07, 6.45) is 0.623. The summed E-state index contributed by atoms with van der Waals surface area (Å²) in [5.41, 5.74) is -0.487. The zero-order valence-electron chi connectivity index (χ0n) is 11.3. The zero-order valence-corrected chi connectivity index (χ0v) is 11.3. The van der Waals surface area contributed by atoms with Gasteiger partial charge in [0.05, 0.1) is 7.11 Å². The minimum absolute atomic E-state index is 0.210. The van der Waals surface area contributed by atoms with E-state index in [-0.39, 0.29) is 11.9 Å². The Bertz CT molecular complexity index is 258. The lowest BCUT2D eigenvalue weighted by atomic mass is 10.1. The van der Waals surface area contributed by atoms with E-state index in [0.717, 1.165) is 0 Å². The average Bonchev–Trinajstić information content (AvgIpc) is 2.20. The highest BCUT2D eigenvalue weighted by molar-refractivity contribution is 5.69. The van der Waals surface area contributed by atoms with Crippen LogP contribution < -0.4 is 5.32 Å². The SMILES string of the molecule is COC(=O)CCC(C)CNC(=O)OC(C)(C)C. The highest BCUT2D eigenvalue weighted by atomic mass is 16.6. The van der Waals surface area contributed by atoms with Crippen molar-refractivity contribution in [1.29, 1.82) is 0 Å². The minimum Gasteiger partial charge on any atom is -0.469 e. The highest BCUT2D eigenvalue weighted by Crippen LogP contribution is 2.08. The Morgan fingerprint density at radius 1 is 1.29 bits per heavy atom. The van der Waals surface area contributed by atoms with Crippen LogP contribution in [0.3, 0.4) is 0 Å². The molecule has 0 rings (SSSR count). The van der Waals surface area contributed by atoms with Crippen molar-refractivity contribution in [3.8, 4) is 0 Å². The van der Waals surface area contributed by atoms with Gasteiger partial charge in [-0.1, -0.05) is 6.92 Å². The number of ether oxygens (including phenoxy) is 2. The molecule has 17 heavy (non-hydrogen) atoms. The van der Waals surface area contributed by atoms with E-state index in [1.54, 1.807) is 0 Å². The van der Waals surface area contributed by atoms with Crippen molar-refractivity contribution in [2.75, 3.05) is 13.7 Å². The Morgan fingerprint density at radius 2 is 1.88 bits per heavy atom. The van der Waals surface area contributed by atoms with Crippen LogP contribution in [-0.4, -0.2) is 31.3 Å². The normalized spacial score (nSPS) is 12.8. The predicted octanol–water partition coefficient (Wildman–Crippen LogP) is 2.10. The first-order valence-corrected chi connectivity index (χ1v) is 5.78. The molecule has 0 aliphatic carbocycles. The summed E-state index contributed by atoms with van der Waals surface area (Å²) in [4.78, 5) is 22.2. The Kier molecular flexibility index (Phi) is 6.61. The molecule has 0 aromatic carbocycles. The van der Waals surface area contributed by atoms with Gasteiger partial charge in [0.25, 0.3) is 0 Å². The number of rotatable bonds is 5. The molecule has 0 fully saturated rings. The monoisotopic (exact) mass is 245 g/mol. The largest absolute Gasteiger partial charge is 0.469 e. The van der Waals surface area contributed by atoms with Crippen LogP contribution in [-0.2, 0) is 14.3 Å². The third kappa shape index (κ3) is 9.66. The van der Waals surface area contributed by atoms with Crippen molar-refractivity contribution in [3.05, 3.63) is 0 Å². The molecule has 0 bridgehead atoms. The molecular weight excluding hydrogens is 222 g/mol. The van der Waals surface area contributed by atoms with Gasteiger partial charge in [-0.2, -0.15) is 0 Å². The molecule has 0 spiro atoms. The first-order valence-electron chi connectivity index (χ1n) is 5.78. The average molecular weight is 245 g/mol. The fourth-order valence-corrected chi connectivity index (χ4v) is 1.14. The van der Waals surface area contributed by atoms with Crippen molar-refractivity contribution < 1.29 is 19.1 Å². The zero-order chi connectivity index (χ0) is 13.5. The number of esters is 1. The third-order valence-corrected chi connectivity index (χ3v) is 2.06. The number of carbonyl (C=O) groups is 2. The van der Waals surface area contributed by atoms with Crippen molar-refractivity contribution in [3.63, 3.8) is 0 Å². The molecule has 1 amide bonds. The fourth-order valence-electron chi connectivity index (χ4n) is 1.14. The van der Waals surface area contributed by atoms with E-state index in [4.69, 9.17) is 4.74 Å². The quantitative estimate of drug-likeness (QED) is 0.753. The van der Waals surface area contributed by atoms with Gasteiger partial charge in [0.15, 0.2) is 0 Å². The first-order chi connectivity index (χ1) is 7.74. The van der Waals surface area contributed by atoms with E-state index >= 15 is 0 Å². The van der Waals surface area contributed by atoms with E-state index in [9.17, 15) is 9.59 Å². The van der Waals surface area contributed by atoms with Crippen LogP contribution >= 0.6 is 0 Å². The second-order valence-corrected chi connectivity index (χ2v) is 5.10. The van der Waals surface area contributed by atoms with Gasteiger partial charge in [-0.05, 0) is 33.1 Å². The maximum absolute atomic E-state index is 11.3. The van der Waals surface area contributed by atoms with E-state index < -0.39 is 11.7 Å². The summed E-state index contributed by atoms with van der Waals surface area (Å²) < 4.78 is 9.63. The molecule has 5 nitrogen and oxygen atoms in total. The molecule has 0 saturated heterocycles. The second kappa shape index (κ2) is 7.14. The molecule has 1 atom stereocenters. The number of carbonyl (C=O) groups excluding carboxylic acids is 2. The molecular formula is C12H23NO4.